The van der Waals surface area contributed by atoms with Crippen molar-refractivity contribution < 1.29 is 14.0 Å². The quantitative estimate of drug-likeness (QED) is 0.750. The summed E-state index contributed by atoms with van der Waals surface area (Å²) < 4.78 is 13.7. The van der Waals surface area contributed by atoms with Gasteiger partial charge < -0.3 is 15.2 Å². The van der Waals surface area contributed by atoms with Gasteiger partial charge in [-0.15, -0.1) is 0 Å². The van der Waals surface area contributed by atoms with Crippen LogP contribution >= 0.6 is 0 Å². The standard InChI is InChI=1S/C20H17FN4O2/c21-14-5-3-4-13(12-14)17-19(26)24-10-11-25(17)20(27)16-7-2-1-6-15(16)18-22-8-9-23-18/h1-9,12,17H,10-11H2,(H,22,23)(H,24,26)/t17-/m0/s1. The van der Waals surface area contributed by atoms with Crippen LogP contribution in [0.5, 0.6) is 0 Å². The number of nitrogens with one attached hydrogen (secondary N) is 2. The summed E-state index contributed by atoms with van der Waals surface area (Å²) in [4.78, 5) is 34.6. The van der Waals surface area contributed by atoms with Crippen LogP contribution in [0.25, 0.3) is 11.4 Å². The molecule has 0 spiro atoms. The molecule has 0 aliphatic carbocycles. The molecule has 0 bridgehead atoms. The van der Waals surface area contributed by atoms with E-state index in [-0.39, 0.29) is 11.8 Å². The van der Waals surface area contributed by atoms with Crippen LogP contribution in [0.1, 0.15) is 22.0 Å². The van der Waals surface area contributed by atoms with Crippen LogP contribution in [0.15, 0.2) is 60.9 Å². The van der Waals surface area contributed by atoms with Crippen molar-refractivity contribution in [2.45, 2.75) is 6.04 Å². The third-order valence-electron chi connectivity index (χ3n) is 4.55. The lowest BCUT2D eigenvalue weighted by atomic mass is 9.99. The number of H-pyrrole nitrogens is 1. The van der Waals surface area contributed by atoms with E-state index in [0.717, 1.165) is 0 Å². The molecule has 1 atom stereocenters. The van der Waals surface area contributed by atoms with Gasteiger partial charge in [-0.25, -0.2) is 9.37 Å². The summed E-state index contributed by atoms with van der Waals surface area (Å²) >= 11 is 0. The number of halogens is 1. The molecule has 2 heterocycles. The number of aromatic amines is 1. The molecule has 1 saturated heterocycles. The number of piperazine rings is 1. The molecule has 1 aliphatic rings. The second kappa shape index (κ2) is 7.03. The summed E-state index contributed by atoms with van der Waals surface area (Å²) in [6.45, 7) is 0.678. The SMILES string of the molecule is O=C1NCCN(C(=O)c2ccccc2-c2ncc[nH]2)[C@H]1c1cccc(F)c1. The van der Waals surface area contributed by atoms with Gasteiger partial charge in [-0.2, -0.15) is 0 Å². The van der Waals surface area contributed by atoms with Gasteiger partial charge in [-0.05, 0) is 23.8 Å². The molecule has 0 unspecified atom stereocenters. The Balaban J connectivity index is 1.75. The zero-order valence-electron chi connectivity index (χ0n) is 14.4. The predicted molar refractivity (Wildman–Crippen MR) is 97.2 cm³/mol. The van der Waals surface area contributed by atoms with Crippen molar-refractivity contribution in [2.75, 3.05) is 13.1 Å². The molecule has 2 amide bonds. The van der Waals surface area contributed by atoms with Crippen molar-refractivity contribution in [1.82, 2.24) is 20.2 Å². The first-order valence-electron chi connectivity index (χ1n) is 8.58. The number of hydrogen-bond donors (Lipinski definition) is 2. The monoisotopic (exact) mass is 364 g/mol. The molecule has 7 heteroatoms. The number of imidazole rings is 1. The lowest BCUT2D eigenvalue weighted by Crippen LogP contribution is -2.52. The zero-order valence-corrected chi connectivity index (χ0v) is 14.4. The van der Waals surface area contributed by atoms with E-state index >= 15 is 0 Å². The lowest BCUT2D eigenvalue weighted by Gasteiger charge is -2.35. The summed E-state index contributed by atoms with van der Waals surface area (Å²) in [5, 5.41) is 2.75. The molecular weight excluding hydrogens is 347 g/mol. The highest BCUT2D eigenvalue weighted by Crippen LogP contribution is 2.28. The highest BCUT2D eigenvalue weighted by molar-refractivity contribution is 6.02. The van der Waals surface area contributed by atoms with Gasteiger partial charge >= 0.3 is 0 Å². The van der Waals surface area contributed by atoms with E-state index < -0.39 is 11.9 Å². The molecule has 1 aromatic heterocycles. The van der Waals surface area contributed by atoms with E-state index in [9.17, 15) is 14.0 Å². The highest BCUT2D eigenvalue weighted by Gasteiger charge is 2.35. The largest absolute Gasteiger partial charge is 0.352 e. The van der Waals surface area contributed by atoms with Crippen molar-refractivity contribution in [3.05, 3.63) is 77.9 Å². The number of aromatic nitrogens is 2. The number of carbonyl (C=O) groups is 2. The summed E-state index contributed by atoms with van der Waals surface area (Å²) in [6, 6.07) is 12.0. The molecule has 2 N–H and O–H groups in total. The van der Waals surface area contributed by atoms with Gasteiger partial charge in [0.15, 0.2) is 0 Å². The molecule has 1 fully saturated rings. The fraction of sp³-hybridized carbons (Fsp3) is 0.150. The third-order valence-corrected chi connectivity index (χ3v) is 4.55. The molecular formula is C20H17FN4O2. The van der Waals surface area contributed by atoms with Crippen molar-refractivity contribution in [3.8, 4) is 11.4 Å². The first-order valence-corrected chi connectivity index (χ1v) is 8.58. The predicted octanol–water partition coefficient (Wildman–Crippen LogP) is 2.53. The molecule has 3 aromatic rings. The fourth-order valence-corrected chi connectivity index (χ4v) is 3.34. The Morgan fingerprint density at radius 1 is 1.19 bits per heavy atom. The minimum atomic E-state index is -0.883. The van der Waals surface area contributed by atoms with Crippen LogP contribution < -0.4 is 5.32 Å². The minimum absolute atomic E-state index is 0.300. The molecule has 27 heavy (non-hydrogen) atoms. The normalized spacial score (nSPS) is 16.9. The van der Waals surface area contributed by atoms with Crippen LogP contribution in [-0.4, -0.2) is 39.8 Å². The van der Waals surface area contributed by atoms with E-state index in [0.29, 0.717) is 35.6 Å². The number of rotatable bonds is 3. The van der Waals surface area contributed by atoms with E-state index in [1.165, 1.54) is 23.1 Å². The van der Waals surface area contributed by atoms with Gasteiger partial charge in [-0.3, -0.25) is 9.59 Å². The van der Waals surface area contributed by atoms with Gasteiger partial charge in [0.05, 0.1) is 5.56 Å². The summed E-state index contributed by atoms with van der Waals surface area (Å²) in [5.74, 6) is -0.501. The number of carbonyl (C=O) groups excluding carboxylic acids is 2. The second-order valence-corrected chi connectivity index (χ2v) is 6.23. The summed E-state index contributed by atoms with van der Waals surface area (Å²) in [6.07, 6.45) is 3.29. The minimum Gasteiger partial charge on any atom is -0.352 e. The first kappa shape index (κ1) is 17.0. The van der Waals surface area contributed by atoms with Crippen molar-refractivity contribution >= 4 is 11.8 Å². The van der Waals surface area contributed by atoms with E-state index in [2.05, 4.69) is 15.3 Å². The van der Waals surface area contributed by atoms with Gasteiger partial charge in [0.25, 0.3) is 5.91 Å². The van der Waals surface area contributed by atoms with E-state index in [1.54, 1.807) is 36.7 Å². The molecule has 2 aromatic carbocycles. The third kappa shape index (κ3) is 3.19. The fourth-order valence-electron chi connectivity index (χ4n) is 3.34. The zero-order chi connectivity index (χ0) is 18.8. The number of benzene rings is 2. The molecule has 6 nitrogen and oxygen atoms in total. The topological polar surface area (TPSA) is 78.1 Å². The smallest absolute Gasteiger partial charge is 0.255 e. The van der Waals surface area contributed by atoms with Gasteiger partial charge in [0.2, 0.25) is 5.91 Å². The van der Waals surface area contributed by atoms with Crippen molar-refractivity contribution in [3.63, 3.8) is 0 Å². The average Bonchev–Trinajstić information content (AvgIpc) is 3.22. The molecule has 0 saturated carbocycles. The second-order valence-electron chi connectivity index (χ2n) is 6.23. The Morgan fingerprint density at radius 2 is 2.04 bits per heavy atom. The summed E-state index contributed by atoms with van der Waals surface area (Å²) in [7, 11) is 0. The van der Waals surface area contributed by atoms with Crippen LogP contribution in [0.2, 0.25) is 0 Å². The average molecular weight is 364 g/mol. The van der Waals surface area contributed by atoms with E-state index in [1.807, 2.05) is 6.07 Å². The Hall–Kier alpha value is -3.48. The molecule has 0 radical (unpaired) electrons. The first-order chi connectivity index (χ1) is 13.1. The van der Waals surface area contributed by atoms with Crippen molar-refractivity contribution in [2.24, 2.45) is 0 Å². The Morgan fingerprint density at radius 3 is 2.81 bits per heavy atom. The highest BCUT2D eigenvalue weighted by atomic mass is 19.1. The maximum Gasteiger partial charge on any atom is 0.255 e. The Bertz CT molecular complexity index is 987. The van der Waals surface area contributed by atoms with Crippen LogP contribution in [0.3, 0.4) is 0 Å². The molecule has 1 aliphatic heterocycles. The maximum absolute atomic E-state index is 13.7. The van der Waals surface area contributed by atoms with Gasteiger partial charge in [0, 0.05) is 31.0 Å². The summed E-state index contributed by atoms with van der Waals surface area (Å²) in [5.41, 5.74) is 1.52. The van der Waals surface area contributed by atoms with E-state index in [4.69, 9.17) is 0 Å². The van der Waals surface area contributed by atoms with Gasteiger partial charge in [0.1, 0.15) is 17.7 Å². The lowest BCUT2D eigenvalue weighted by molar-refractivity contribution is -0.128. The number of hydrogen-bond acceptors (Lipinski definition) is 3. The van der Waals surface area contributed by atoms with Crippen LogP contribution in [-0.2, 0) is 4.79 Å². The Labute approximate surface area is 155 Å². The van der Waals surface area contributed by atoms with Crippen molar-refractivity contribution in [1.29, 1.82) is 0 Å². The number of nitrogens with zero attached hydrogens (tertiary/aromatic N) is 2. The van der Waals surface area contributed by atoms with Crippen LogP contribution in [0, 0.1) is 5.82 Å². The Kier molecular flexibility index (Phi) is 4.42. The maximum atomic E-state index is 13.7. The van der Waals surface area contributed by atoms with Crippen LogP contribution in [0.4, 0.5) is 4.39 Å². The van der Waals surface area contributed by atoms with Gasteiger partial charge in [-0.1, -0.05) is 30.3 Å². The molecule has 4 rings (SSSR count). The number of amides is 2. The molecule has 136 valence electrons.